The van der Waals surface area contributed by atoms with E-state index in [0.29, 0.717) is 12.3 Å². The number of hydrazine groups is 1. The number of nitrogens with one attached hydrogen (secondary N) is 2. The maximum atomic E-state index is 12.1. The van der Waals surface area contributed by atoms with Gasteiger partial charge in [-0.15, -0.1) is 0 Å². The molecule has 0 saturated carbocycles. The fraction of sp³-hybridized carbons (Fsp3) is 0.444. The van der Waals surface area contributed by atoms with E-state index in [0.717, 1.165) is 37.9 Å². The van der Waals surface area contributed by atoms with Crippen LogP contribution in [0.15, 0.2) is 36.4 Å². The van der Waals surface area contributed by atoms with Crippen LogP contribution in [-0.2, 0) is 16.0 Å². The molecule has 0 bridgehead atoms. The highest BCUT2D eigenvalue weighted by molar-refractivity contribution is 5.85. The Morgan fingerprint density at radius 1 is 1.17 bits per heavy atom. The van der Waals surface area contributed by atoms with Gasteiger partial charge in [0.05, 0.1) is 6.54 Å². The average Bonchev–Trinajstić information content (AvgIpc) is 3.06. The van der Waals surface area contributed by atoms with Gasteiger partial charge in [0.15, 0.2) is 0 Å². The number of hydrogen-bond donors (Lipinski definition) is 2. The van der Waals surface area contributed by atoms with Crippen LogP contribution in [0.25, 0.3) is 0 Å². The number of allylic oxidation sites excluding steroid dienone is 2. The van der Waals surface area contributed by atoms with Crippen molar-refractivity contribution in [3.8, 4) is 0 Å². The van der Waals surface area contributed by atoms with Crippen LogP contribution in [0.5, 0.6) is 0 Å². The highest BCUT2D eigenvalue weighted by Crippen LogP contribution is 2.26. The van der Waals surface area contributed by atoms with Crippen LogP contribution in [0, 0.1) is 5.92 Å². The first-order chi connectivity index (χ1) is 11.2. The van der Waals surface area contributed by atoms with Crippen molar-refractivity contribution in [3.63, 3.8) is 0 Å². The molecule has 122 valence electrons. The number of fused-ring (bicyclic) bond motifs is 1. The lowest BCUT2D eigenvalue weighted by molar-refractivity contribution is -0.128. The monoisotopic (exact) mass is 313 g/mol. The van der Waals surface area contributed by atoms with E-state index in [1.165, 1.54) is 5.56 Å². The van der Waals surface area contributed by atoms with Crippen LogP contribution < -0.4 is 15.8 Å². The second-order valence-electron chi connectivity index (χ2n) is 6.22. The summed E-state index contributed by atoms with van der Waals surface area (Å²) < 4.78 is 0. The summed E-state index contributed by atoms with van der Waals surface area (Å²) in [5, 5.41) is 0. The third kappa shape index (κ3) is 4.12. The predicted molar refractivity (Wildman–Crippen MR) is 89.7 cm³/mol. The molecule has 0 fully saturated rings. The molecule has 0 spiro atoms. The van der Waals surface area contributed by atoms with Crippen LogP contribution in [0.3, 0.4) is 0 Å². The van der Waals surface area contributed by atoms with Crippen LogP contribution in [0.1, 0.15) is 31.2 Å². The van der Waals surface area contributed by atoms with E-state index < -0.39 is 0 Å². The third-order valence-electron chi connectivity index (χ3n) is 4.44. The number of amides is 2. The smallest absolute Gasteiger partial charge is 0.257 e. The number of rotatable bonds is 4. The number of carbonyl (C=O) groups is 2. The Balaban J connectivity index is 1.46. The van der Waals surface area contributed by atoms with E-state index in [1.54, 1.807) is 0 Å². The van der Waals surface area contributed by atoms with Gasteiger partial charge in [-0.1, -0.05) is 30.4 Å². The van der Waals surface area contributed by atoms with Crippen molar-refractivity contribution in [1.82, 2.24) is 10.9 Å². The first-order valence-electron chi connectivity index (χ1n) is 8.29. The molecule has 1 atom stereocenters. The summed E-state index contributed by atoms with van der Waals surface area (Å²) in [5.74, 6) is -0.00756. The Labute approximate surface area is 136 Å². The van der Waals surface area contributed by atoms with Crippen LogP contribution >= 0.6 is 0 Å². The maximum Gasteiger partial charge on any atom is 0.257 e. The van der Waals surface area contributed by atoms with Crippen molar-refractivity contribution in [3.05, 3.63) is 42.0 Å². The minimum Gasteiger partial charge on any atom is -0.362 e. The lowest BCUT2D eigenvalue weighted by Crippen LogP contribution is -2.47. The molecule has 5 heteroatoms. The largest absolute Gasteiger partial charge is 0.362 e. The number of nitrogens with zero attached hydrogens (tertiary/aromatic N) is 1. The molecule has 23 heavy (non-hydrogen) atoms. The van der Waals surface area contributed by atoms with Crippen LogP contribution in [-0.4, -0.2) is 24.9 Å². The summed E-state index contributed by atoms with van der Waals surface area (Å²) in [7, 11) is 0. The maximum absolute atomic E-state index is 12.1. The van der Waals surface area contributed by atoms with Gasteiger partial charge in [-0.25, -0.2) is 0 Å². The third-order valence-corrected chi connectivity index (χ3v) is 4.44. The van der Waals surface area contributed by atoms with Gasteiger partial charge >= 0.3 is 0 Å². The molecule has 2 aliphatic rings. The Bertz CT molecular complexity index is 612. The first kappa shape index (κ1) is 15.6. The van der Waals surface area contributed by atoms with Gasteiger partial charge in [0.1, 0.15) is 0 Å². The summed E-state index contributed by atoms with van der Waals surface area (Å²) in [6.45, 7) is 1.13. The molecule has 1 aromatic carbocycles. The SMILES string of the molecule is O=C(C[C@@H]1C=CCC1)NNC(=O)CN1CCCc2ccccc21. The van der Waals surface area contributed by atoms with Crippen molar-refractivity contribution >= 4 is 17.5 Å². The molecular weight excluding hydrogens is 290 g/mol. The molecule has 3 rings (SSSR count). The number of carbonyl (C=O) groups excluding carboxylic acids is 2. The van der Waals surface area contributed by atoms with E-state index in [-0.39, 0.29) is 18.4 Å². The molecule has 0 saturated heterocycles. The number of anilines is 1. The van der Waals surface area contributed by atoms with E-state index in [4.69, 9.17) is 0 Å². The average molecular weight is 313 g/mol. The lowest BCUT2D eigenvalue weighted by Gasteiger charge is -2.30. The topological polar surface area (TPSA) is 61.4 Å². The molecule has 0 unspecified atom stereocenters. The molecule has 1 aliphatic carbocycles. The van der Waals surface area contributed by atoms with Gasteiger partial charge in [0.25, 0.3) is 5.91 Å². The van der Waals surface area contributed by atoms with Gasteiger partial charge < -0.3 is 4.90 Å². The predicted octanol–water partition coefficient (Wildman–Crippen LogP) is 1.94. The van der Waals surface area contributed by atoms with Crippen molar-refractivity contribution in [1.29, 1.82) is 0 Å². The Kier molecular flexibility index (Phi) is 4.95. The van der Waals surface area contributed by atoms with Gasteiger partial charge in [0, 0.05) is 18.7 Å². The molecule has 2 N–H and O–H groups in total. The molecule has 5 nitrogen and oxygen atoms in total. The quantitative estimate of drug-likeness (QED) is 0.660. The fourth-order valence-electron chi connectivity index (χ4n) is 3.28. The Morgan fingerprint density at radius 3 is 2.83 bits per heavy atom. The van der Waals surface area contributed by atoms with Crippen molar-refractivity contribution in [2.24, 2.45) is 5.92 Å². The van der Waals surface area contributed by atoms with Gasteiger partial charge in [-0.3, -0.25) is 20.4 Å². The normalized spacial score (nSPS) is 19.3. The highest BCUT2D eigenvalue weighted by atomic mass is 16.2. The number of para-hydroxylation sites is 1. The van der Waals surface area contributed by atoms with Crippen molar-refractivity contribution in [2.75, 3.05) is 18.0 Å². The molecule has 1 aliphatic heterocycles. The second kappa shape index (κ2) is 7.31. The number of benzene rings is 1. The first-order valence-corrected chi connectivity index (χ1v) is 8.29. The molecule has 0 radical (unpaired) electrons. The fourth-order valence-corrected chi connectivity index (χ4v) is 3.28. The molecule has 1 aromatic rings. The van der Waals surface area contributed by atoms with Crippen LogP contribution in [0.2, 0.25) is 0 Å². The summed E-state index contributed by atoms with van der Waals surface area (Å²) >= 11 is 0. The minimum absolute atomic E-state index is 0.131. The molecule has 2 amide bonds. The van der Waals surface area contributed by atoms with Crippen molar-refractivity contribution in [2.45, 2.75) is 32.1 Å². The standard InChI is InChI=1S/C18H23N3O2/c22-17(12-14-6-1-2-7-14)19-20-18(23)13-21-11-5-9-15-8-3-4-10-16(15)21/h1,3-4,6,8,10,14H,2,5,7,9,11-13H2,(H,19,22)(H,20,23)/t14-/m1/s1. The molecular formula is C18H23N3O2. The van der Waals surface area contributed by atoms with Gasteiger partial charge in [-0.05, 0) is 43.2 Å². The Morgan fingerprint density at radius 2 is 2.00 bits per heavy atom. The highest BCUT2D eigenvalue weighted by Gasteiger charge is 2.19. The van der Waals surface area contributed by atoms with E-state index in [1.807, 2.05) is 18.2 Å². The zero-order valence-electron chi connectivity index (χ0n) is 13.3. The van der Waals surface area contributed by atoms with Gasteiger partial charge in [0.2, 0.25) is 5.91 Å². The number of hydrogen-bond acceptors (Lipinski definition) is 3. The zero-order chi connectivity index (χ0) is 16.1. The molecule has 1 heterocycles. The lowest BCUT2D eigenvalue weighted by atomic mass is 10.0. The van der Waals surface area contributed by atoms with Crippen LogP contribution in [0.4, 0.5) is 5.69 Å². The van der Waals surface area contributed by atoms with E-state index in [9.17, 15) is 9.59 Å². The minimum atomic E-state index is -0.183. The van der Waals surface area contributed by atoms with E-state index in [2.05, 4.69) is 34.0 Å². The summed E-state index contributed by atoms with van der Waals surface area (Å²) in [5.41, 5.74) is 7.46. The Hall–Kier alpha value is -2.30. The summed E-state index contributed by atoms with van der Waals surface area (Å²) in [6.07, 6.45) is 8.77. The molecule has 0 aromatic heterocycles. The zero-order valence-corrected chi connectivity index (χ0v) is 13.3. The number of aryl methyl sites for hydroxylation is 1. The van der Waals surface area contributed by atoms with Crippen molar-refractivity contribution < 1.29 is 9.59 Å². The van der Waals surface area contributed by atoms with E-state index >= 15 is 0 Å². The second-order valence-corrected chi connectivity index (χ2v) is 6.22. The summed E-state index contributed by atoms with van der Waals surface area (Å²) in [4.78, 5) is 26.0. The van der Waals surface area contributed by atoms with Gasteiger partial charge in [-0.2, -0.15) is 0 Å². The summed E-state index contributed by atoms with van der Waals surface area (Å²) in [6, 6.07) is 8.18.